The van der Waals surface area contributed by atoms with Gasteiger partial charge in [0, 0.05) is 49.7 Å². The number of aryl methyl sites for hydroxylation is 1. The van der Waals surface area contributed by atoms with E-state index >= 15 is 0 Å². The van der Waals surface area contributed by atoms with E-state index in [0.29, 0.717) is 6.04 Å². The number of hydrogen-bond donors (Lipinski definition) is 1. The molecule has 1 saturated heterocycles. The molecule has 1 aromatic heterocycles. The summed E-state index contributed by atoms with van der Waals surface area (Å²) >= 11 is 0. The molecule has 1 fully saturated rings. The molecule has 1 unspecified atom stereocenters. The zero-order valence-electron chi connectivity index (χ0n) is 13.2. The molecule has 1 N–H and O–H groups in total. The second kappa shape index (κ2) is 6.99. The maximum Gasteiger partial charge on any atom is 0.225 e. The molecule has 2 heterocycles. The number of likely N-dealkylation sites (N-methyl/N-ethyl adjacent to an activating group) is 1. The second-order valence-corrected chi connectivity index (χ2v) is 5.48. The lowest BCUT2D eigenvalue weighted by Crippen LogP contribution is -2.52. The van der Waals surface area contributed by atoms with Crippen molar-refractivity contribution in [3.63, 3.8) is 0 Å². The lowest BCUT2D eigenvalue weighted by atomic mass is 10.2. The number of rotatable bonds is 5. The summed E-state index contributed by atoms with van der Waals surface area (Å²) in [5, 5.41) is 3.32. The maximum atomic E-state index is 4.69. The number of aromatic nitrogens is 2. The van der Waals surface area contributed by atoms with Crippen LogP contribution >= 0.6 is 0 Å². The van der Waals surface area contributed by atoms with Gasteiger partial charge in [-0.2, -0.15) is 0 Å². The first-order valence-corrected chi connectivity index (χ1v) is 7.67. The van der Waals surface area contributed by atoms with E-state index in [-0.39, 0.29) is 0 Å². The van der Waals surface area contributed by atoms with Crippen molar-refractivity contribution in [3.8, 4) is 0 Å². The molecule has 0 amide bonds. The van der Waals surface area contributed by atoms with Gasteiger partial charge in [-0.1, -0.05) is 13.8 Å². The molecule has 0 aromatic carbocycles. The first kappa shape index (κ1) is 15.2. The summed E-state index contributed by atoms with van der Waals surface area (Å²) in [5.74, 6) is 0.880. The third kappa shape index (κ3) is 3.46. The Balaban J connectivity index is 2.04. The highest BCUT2D eigenvalue weighted by molar-refractivity contribution is 5.34. The van der Waals surface area contributed by atoms with E-state index < -0.39 is 0 Å². The smallest absolute Gasteiger partial charge is 0.225 e. The van der Waals surface area contributed by atoms with Crippen LogP contribution in [0, 0.1) is 6.92 Å². The van der Waals surface area contributed by atoms with Gasteiger partial charge in [0.15, 0.2) is 0 Å². The SMILES string of the molecule is CCNCc1cnc(N2CCN(CC)C(C)C2)nc1C. The fourth-order valence-corrected chi connectivity index (χ4v) is 2.71. The Kier molecular flexibility index (Phi) is 5.31. The molecule has 2 rings (SSSR count). The van der Waals surface area contributed by atoms with Crippen LogP contribution in [0.25, 0.3) is 0 Å². The van der Waals surface area contributed by atoms with Crippen molar-refractivity contribution >= 4 is 5.95 Å². The molecule has 20 heavy (non-hydrogen) atoms. The van der Waals surface area contributed by atoms with Crippen LogP contribution in [0.15, 0.2) is 6.20 Å². The minimum atomic E-state index is 0.569. The third-order valence-electron chi connectivity index (χ3n) is 4.09. The molecule has 0 saturated carbocycles. The van der Waals surface area contributed by atoms with E-state index in [9.17, 15) is 0 Å². The first-order chi connectivity index (χ1) is 9.65. The second-order valence-electron chi connectivity index (χ2n) is 5.48. The van der Waals surface area contributed by atoms with Crippen LogP contribution in [-0.4, -0.2) is 53.6 Å². The Bertz CT molecular complexity index is 434. The summed E-state index contributed by atoms with van der Waals surface area (Å²) in [5.41, 5.74) is 2.28. The van der Waals surface area contributed by atoms with E-state index in [1.807, 2.05) is 6.20 Å². The van der Waals surface area contributed by atoms with Gasteiger partial charge in [0.25, 0.3) is 0 Å². The number of hydrogen-bond acceptors (Lipinski definition) is 5. The molecule has 0 bridgehead atoms. The monoisotopic (exact) mass is 277 g/mol. The van der Waals surface area contributed by atoms with Crippen LogP contribution in [0.4, 0.5) is 5.95 Å². The van der Waals surface area contributed by atoms with Crippen LogP contribution in [-0.2, 0) is 6.54 Å². The molecule has 1 aliphatic rings. The third-order valence-corrected chi connectivity index (χ3v) is 4.09. The molecule has 1 aromatic rings. The van der Waals surface area contributed by atoms with E-state index in [1.165, 1.54) is 5.56 Å². The molecule has 1 atom stereocenters. The minimum Gasteiger partial charge on any atom is -0.338 e. The average molecular weight is 277 g/mol. The van der Waals surface area contributed by atoms with Gasteiger partial charge in [-0.25, -0.2) is 9.97 Å². The molecule has 0 radical (unpaired) electrons. The van der Waals surface area contributed by atoms with E-state index in [1.54, 1.807) is 0 Å². The maximum absolute atomic E-state index is 4.69. The van der Waals surface area contributed by atoms with Crippen LogP contribution in [0.1, 0.15) is 32.0 Å². The van der Waals surface area contributed by atoms with Gasteiger partial charge < -0.3 is 10.2 Å². The Morgan fingerprint density at radius 1 is 1.35 bits per heavy atom. The lowest BCUT2D eigenvalue weighted by Gasteiger charge is -2.39. The fourth-order valence-electron chi connectivity index (χ4n) is 2.71. The standard InChI is InChI=1S/C15H27N5/c1-5-16-9-14-10-17-15(18-13(14)4)20-8-7-19(6-2)12(3)11-20/h10,12,16H,5-9,11H2,1-4H3. The largest absolute Gasteiger partial charge is 0.338 e. The lowest BCUT2D eigenvalue weighted by molar-refractivity contribution is 0.198. The number of nitrogens with zero attached hydrogens (tertiary/aromatic N) is 4. The number of piperazine rings is 1. The molecule has 0 aliphatic carbocycles. The molecular weight excluding hydrogens is 250 g/mol. The van der Waals surface area contributed by atoms with Crippen molar-refractivity contribution < 1.29 is 0 Å². The average Bonchev–Trinajstić information content (AvgIpc) is 2.46. The zero-order valence-corrected chi connectivity index (χ0v) is 13.2. The van der Waals surface area contributed by atoms with Crippen molar-refractivity contribution in [2.24, 2.45) is 0 Å². The summed E-state index contributed by atoms with van der Waals surface area (Å²) in [6.45, 7) is 14.8. The van der Waals surface area contributed by atoms with Crippen LogP contribution in [0.2, 0.25) is 0 Å². The van der Waals surface area contributed by atoms with Crippen LogP contribution < -0.4 is 10.2 Å². The Morgan fingerprint density at radius 3 is 2.75 bits per heavy atom. The van der Waals surface area contributed by atoms with Gasteiger partial charge in [-0.3, -0.25) is 4.90 Å². The first-order valence-electron chi connectivity index (χ1n) is 7.67. The van der Waals surface area contributed by atoms with Gasteiger partial charge in [-0.05, 0) is 26.9 Å². The van der Waals surface area contributed by atoms with Crippen molar-refractivity contribution in [1.82, 2.24) is 20.2 Å². The zero-order chi connectivity index (χ0) is 14.5. The predicted octanol–water partition coefficient (Wildman–Crippen LogP) is 1.42. The van der Waals surface area contributed by atoms with E-state index in [4.69, 9.17) is 4.98 Å². The Labute approximate surface area is 122 Å². The van der Waals surface area contributed by atoms with Gasteiger partial charge >= 0.3 is 0 Å². The minimum absolute atomic E-state index is 0.569. The quantitative estimate of drug-likeness (QED) is 0.882. The fraction of sp³-hybridized carbons (Fsp3) is 0.733. The number of nitrogens with one attached hydrogen (secondary N) is 1. The molecule has 1 aliphatic heterocycles. The van der Waals surface area contributed by atoms with Crippen LogP contribution in [0.5, 0.6) is 0 Å². The molecule has 112 valence electrons. The Hall–Kier alpha value is -1.20. The highest BCUT2D eigenvalue weighted by atomic mass is 15.3. The van der Waals surface area contributed by atoms with Gasteiger partial charge in [0.1, 0.15) is 0 Å². The van der Waals surface area contributed by atoms with Crippen molar-refractivity contribution in [2.45, 2.75) is 40.3 Å². The number of anilines is 1. The van der Waals surface area contributed by atoms with Gasteiger partial charge in [0.2, 0.25) is 5.95 Å². The highest BCUT2D eigenvalue weighted by Gasteiger charge is 2.24. The summed E-state index contributed by atoms with van der Waals surface area (Å²) in [7, 11) is 0. The van der Waals surface area contributed by atoms with E-state index in [2.05, 4.69) is 47.8 Å². The van der Waals surface area contributed by atoms with Gasteiger partial charge in [0.05, 0.1) is 0 Å². The summed E-state index contributed by atoms with van der Waals surface area (Å²) in [6.07, 6.45) is 1.97. The molecule has 0 spiro atoms. The van der Waals surface area contributed by atoms with Crippen molar-refractivity contribution in [1.29, 1.82) is 0 Å². The predicted molar refractivity (Wildman–Crippen MR) is 83.1 cm³/mol. The van der Waals surface area contributed by atoms with E-state index in [0.717, 1.165) is 50.9 Å². The summed E-state index contributed by atoms with van der Waals surface area (Å²) in [4.78, 5) is 14.1. The molecular formula is C15H27N5. The summed E-state index contributed by atoms with van der Waals surface area (Å²) < 4.78 is 0. The molecule has 5 heteroatoms. The molecule has 5 nitrogen and oxygen atoms in total. The normalized spacial score (nSPS) is 20.4. The summed E-state index contributed by atoms with van der Waals surface area (Å²) in [6, 6.07) is 0.569. The van der Waals surface area contributed by atoms with Gasteiger partial charge in [-0.15, -0.1) is 0 Å². The Morgan fingerprint density at radius 2 is 2.15 bits per heavy atom. The van der Waals surface area contributed by atoms with Crippen molar-refractivity contribution in [2.75, 3.05) is 37.6 Å². The highest BCUT2D eigenvalue weighted by Crippen LogP contribution is 2.16. The van der Waals surface area contributed by atoms with Crippen LogP contribution in [0.3, 0.4) is 0 Å². The van der Waals surface area contributed by atoms with Crippen molar-refractivity contribution in [3.05, 3.63) is 17.5 Å². The topological polar surface area (TPSA) is 44.3 Å².